The van der Waals surface area contributed by atoms with E-state index in [1.54, 1.807) is 0 Å². The Hall–Kier alpha value is -0.410. The molecule has 1 saturated heterocycles. The van der Waals surface area contributed by atoms with Crippen LogP contribution in [0.4, 0.5) is 5.82 Å². The molecule has 0 saturated carbocycles. The molecule has 2 aromatic rings. The number of anilines is 1. The number of pyridine rings is 1. The highest BCUT2D eigenvalue weighted by atomic mass is 127. The maximum atomic E-state index is 5.45. The minimum Gasteiger partial charge on any atom is -0.377 e. The van der Waals surface area contributed by atoms with E-state index in [-0.39, 0.29) is 0 Å². The lowest BCUT2D eigenvalue weighted by molar-refractivity contribution is 0.0985. The van der Waals surface area contributed by atoms with Gasteiger partial charge in [-0.05, 0) is 51.5 Å². The molecule has 1 aliphatic heterocycles. The van der Waals surface area contributed by atoms with Crippen LogP contribution in [0, 0.1) is 3.57 Å². The summed E-state index contributed by atoms with van der Waals surface area (Å²) in [7, 11) is 0. The number of fused-ring (bicyclic) bond motifs is 1. The van der Waals surface area contributed by atoms with E-state index in [4.69, 9.17) is 4.74 Å². The number of hydrogen-bond donors (Lipinski definition) is 1. The minimum atomic E-state index is 0.349. The predicted octanol–water partition coefficient (Wildman–Crippen LogP) is 2.55. The van der Waals surface area contributed by atoms with Crippen molar-refractivity contribution in [3.05, 3.63) is 14.2 Å². The van der Waals surface area contributed by atoms with Crippen LogP contribution < -0.4 is 4.90 Å². The fourth-order valence-electron chi connectivity index (χ4n) is 2.15. The Morgan fingerprint density at radius 1 is 1.61 bits per heavy atom. The quantitative estimate of drug-likeness (QED) is 0.717. The van der Waals surface area contributed by atoms with Crippen LogP contribution in [0.3, 0.4) is 0 Å². The zero-order valence-electron chi connectivity index (χ0n) is 9.78. The maximum absolute atomic E-state index is 5.45. The Balaban J connectivity index is 2.07. The van der Waals surface area contributed by atoms with Gasteiger partial charge in [0.05, 0.1) is 24.6 Å². The van der Waals surface area contributed by atoms with E-state index in [0.29, 0.717) is 6.04 Å². The zero-order valence-corrected chi connectivity index (χ0v) is 13.5. The van der Waals surface area contributed by atoms with Crippen molar-refractivity contribution in [3.8, 4) is 0 Å². The third-order valence-electron chi connectivity index (χ3n) is 3.08. The molecule has 18 heavy (non-hydrogen) atoms. The van der Waals surface area contributed by atoms with Crippen molar-refractivity contribution in [1.29, 1.82) is 0 Å². The monoisotopic (exact) mass is 422 g/mol. The summed E-state index contributed by atoms with van der Waals surface area (Å²) in [6, 6.07) is 2.45. The summed E-state index contributed by atoms with van der Waals surface area (Å²) in [5, 5.41) is 8.17. The van der Waals surface area contributed by atoms with Crippen molar-refractivity contribution in [2.75, 3.05) is 24.7 Å². The predicted molar refractivity (Wildman–Crippen MR) is 81.9 cm³/mol. The van der Waals surface area contributed by atoms with Gasteiger partial charge in [0.1, 0.15) is 10.4 Å². The van der Waals surface area contributed by atoms with E-state index >= 15 is 0 Å². The number of aromatic amines is 1. The average Bonchev–Trinajstić information content (AvgIpc) is 2.72. The first-order chi connectivity index (χ1) is 8.66. The molecule has 0 amide bonds. The number of H-pyrrole nitrogens is 1. The van der Waals surface area contributed by atoms with E-state index in [1.165, 1.54) is 0 Å². The lowest BCUT2D eigenvalue weighted by Gasteiger charge is -2.34. The highest BCUT2D eigenvalue weighted by Crippen LogP contribution is 2.29. The number of aromatic nitrogens is 3. The van der Waals surface area contributed by atoms with Gasteiger partial charge in [-0.15, -0.1) is 0 Å². The molecule has 0 unspecified atom stereocenters. The van der Waals surface area contributed by atoms with Gasteiger partial charge in [-0.1, -0.05) is 0 Å². The molecule has 1 atom stereocenters. The summed E-state index contributed by atoms with van der Waals surface area (Å²) in [6.45, 7) is 4.53. The van der Waals surface area contributed by atoms with Crippen molar-refractivity contribution < 1.29 is 4.74 Å². The molecule has 1 fully saturated rings. The Bertz CT molecular complexity index is 588. The second kappa shape index (κ2) is 4.93. The molecule has 3 rings (SSSR count). The molecule has 0 spiro atoms. The van der Waals surface area contributed by atoms with Gasteiger partial charge in [0.2, 0.25) is 0 Å². The number of rotatable bonds is 1. The van der Waals surface area contributed by atoms with Crippen LogP contribution in [0.25, 0.3) is 11.0 Å². The summed E-state index contributed by atoms with van der Waals surface area (Å²) in [4.78, 5) is 6.90. The van der Waals surface area contributed by atoms with Crippen molar-refractivity contribution >= 4 is 55.4 Å². The average molecular weight is 423 g/mol. The molecule has 1 aliphatic rings. The lowest BCUT2D eigenvalue weighted by atomic mass is 10.2. The fraction of sp³-hybridized carbons (Fsp3) is 0.455. The maximum Gasteiger partial charge on any atom is 0.185 e. The summed E-state index contributed by atoms with van der Waals surface area (Å²) in [5.41, 5.74) is 0.752. The molecule has 0 bridgehead atoms. The Morgan fingerprint density at radius 2 is 2.44 bits per heavy atom. The number of ether oxygens (including phenoxy) is 1. The van der Waals surface area contributed by atoms with Gasteiger partial charge < -0.3 is 9.64 Å². The smallest absolute Gasteiger partial charge is 0.185 e. The highest BCUT2D eigenvalue weighted by Gasteiger charge is 2.22. The number of nitrogens with zero attached hydrogens (tertiary/aromatic N) is 3. The van der Waals surface area contributed by atoms with Gasteiger partial charge in [0, 0.05) is 10.1 Å². The zero-order chi connectivity index (χ0) is 12.7. The van der Waals surface area contributed by atoms with E-state index in [2.05, 4.69) is 71.6 Å². The topological polar surface area (TPSA) is 54.0 Å². The van der Waals surface area contributed by atoms with E-state index < -0.39 is 0 Å². The SMILES string of the molecule is C[C@@H]1COCCN1c1cc(I)c2c(Br)[nH]nc2n1. The Labute approximate surface area is 127 Å². The van der Waals surface area contributed by atoms with Crippen LogP contribution in [0.15, 0.2) is 10.7 Å². The lowest BCUT2D eigenvalue weighted by Crippen LogP contribution is -2.44. The molecule has 0 aromatic carbocycles. The number of nitrogens with one attached hydrogen (secondary N) is 1. The van der Waals surface area contributed by atoms with Crippen LogP contribution >= 0.6 is 38.5 Å². The van der Waals surface area contributed by atoms with Crippen molar-refractivity contribution in [1.82, 2.24) is 15.2 Å². The third kappa shape index (κ3) is 2.12. The molecular formula is C11H12BrIN4O. The molecule has 5 nitrogen and oxygen atoms in total. The summed E-state index contributed by atoms with van der Waals surface area (Å²) >= 11 is 5.77. The minimum absolute atomic E-state index is 0.349. The van der Waals surface area contributed by atoms with E-state index in [0.717, 1.165) is 44.8 Å². The molecule has 3 heterocycles. The first-order valence-electron chi connectivity index (χ1n) is 5.71. The molecule has 0 aliphatic carbocycles. The van der Waals surface area contributed by atoms with Crippen LogP contribution in [0.5, 0.6) is 0 Å². The van der Waals surface area contributed by atoms with Crippen LogP contribution in [0.1, 0.15) is 6.92 Å². The fourth-order valence-corrected chi connectivity index (χ4v) is 3.79. The molecule has 7 heteroatoms. The van der Waals surface area contributed by atoms with Crippen LogP contribution in [-0.4, -0.2) is 41.0 Å². The van der Waals surface area contributed by atoms with Gasteiger partial charge in [-0.25, -0.2) is 4.98 Å². The van der Waals surface area contributed by atoms with Gasteiger partial charge in [0.15, 0.2) is 5.65 Å². The number of halogens is 2. The molecule has 0 radical (unpaired) electrons. The second-order valence-corrected chi connectivity index (χ2v) is 6.27. The first-order valence-corrected chi connectivity index (χ1v) is 7.58. The van der Waals surface area contributed by atoms with Crippen LogP contribution in [-0.2, 0) is 4.74 Å². The number of morpholine rings is 1. The molecule has 1 N–H and O–H groups in total. The second-order valence-electron chi connectivity index (χ2n) is 4.32. The van der Waals surface area contributed by atoms with Gasteiger partial charge in [-0.3, -0.25) is 5.10 Å². The van der Waals surface area contributed by atoms with Gasteiger partial charge in [-0.2, -0.15) is 5.10 Å². The van der Waals surface area contributed by atoms with Gasteiger partial charge in [0.25, 0.3) is 0 Å². The first kappa shape index (κ1) is 12.6. The normalized spacial score (nSPS) is 20.6. The van der Waals surface area contributed by atoms with Gasteiger partial charge >= 0.3 is 0 Å². The molecule has 96 valence electrons. The summed E-state index contributed by atoms with van der Waals surface area (Å²) < 4.78 is 7.49. The number of hydrogen-bond acceptors (Lipinski definition) is 4. The summed E-state index contributed by atoms with van der Waals surface area (Å²) in [6.07, 6.45) is 0. The highest BCUT2D eigenvalue weighted by molar-refractivity contribution is 14.1. The largest absolute Gasteiger partial charge is 0.377 e. The molecule has 2 aromatic heterocycles. The summed E-state index contributed by atoms with van der Waals surface area (Å²) in [5.74, 6) is 0.974. The van der Waals surface area contributed by atoms with E-state index in [9.17, 15) is 0 Å². The third-order valence-corrected chi connectivity index (χ3v) is 4.50. The van der Waals surface area contributed by atoms with E-state index in [1.807, 2.05) is 0 Å². The molecular weight excluding hydrogens is 411 g/mol. The standard InChI is InChI=1S/C11H12BrIN4O/c1-6-5-18-3-2-17(6)8-4-7(13)9-10(12)15-16-11(9)14-8/h4,6H,2-3,5H2,1H3,(H,14,15,16)/t6-/m1/s1. The van der Waals surface area contributed by atoms with Crippen molar-refractivity contribution in [3.63, 3.8) is 0 Å². The Kier molecular flexibility index (Phi) is 3.46. The van der Waals surface area contributed by atoms with Crippen molar-refractivity contribution in [2.24, 2.45) is 0 Å². The Morgan fingerprint density at radius 3 is 3.22 bits per heavy atom. The van der Waals surface area contributed by atoms with Crippen LogP contribution in [0.2, 0.25) is 0 Å². The van der Waals surface area contributed by atoms with Crippen molar-refractivity contribution in [2.45, 2.75) is 13.0 Å².